The number of pyridine rings is 1. The summed E-state index contributed by atoms with van der Waals surface area (Å²) < 4.78 is 41.4. The first-order valence-corrected chi connectivity index (χ1v) is 4.10. The molecule has 0 unspecified atom stereocenters. The lowest BCUT2D eigenvalue weighted by molar-refractivity contribution is -0.141. The van der Waals surface area contributed by atoms with Crippen LogP contribution in [0.25, 0.3) is 0 Å². The Morgan fingerprint density at radius 2 is 2.00 bits per heavy atom. The fourth-order valence-electron chi connectivity index (χ4n) is 1.07. The third-order valence-electron chi connectivity index (χ3n) is 1.80. The van der Waals surface area contributed by atoms with Crippen LogP contribution in [0.15, 0.2) is 12.1 Å². The third-order valence-corrected chi connectivity index (χ3v) is 1.80. The summed E-state index contributed by atoms with van der Waals surface area (Å²) in [6, 6.07) is 2.34. The van der Waals surface area contributed by atoms with Crippen LogP contribution < -0.4 is 4.74 Å². The van der Waals surface area contributed by atoms with Gasteiger partial charge in [0.05, 0.1) is 7.11 Å². The van der Waals surface area contributed by atoms with Crippen LogP contribution >= 0.6 is 0 Å². The van der Waals surface area contributed by atoms with Crippen LogP contribution in [-0.4, -0.2) is 12.1 Å². The number of hydrogen-bond donors (Lipinski definition) is 0. The van der Waals surface area contributed by atoms with E-state index in [1.165, 1.54) is 13.2 Å². The van der Waals surface area contributed by atoms with Crippen LogP contribution in [0, 0.1) is 0 Å². The van der Waals surface area contributed by atoms with Gasteiger partial charge >= 0.3 is 6.18 Å². The van der Waals surface area contributed by atoms with Gasteiger partial charge in [0.25, 0.3) is 0 Å². The van der Waals surface area contributed by atoms with Crippen molar-refractivity contribution in [2.24, 2.45) is 0 Å². The monoisotopic (exact) mass is 205 g/mol. The predicted octanol–water partition coefficient (Wildman–Crippen LogP) is 2.67. The summed E-state index contributed by atoms with van der Waals surface area (Å²) in [7, 11) is 1.31. The Morgan fingerprint density at radius 3 is 2.43 bits per heavy atom. The molecule has 0 aliphatic carbocycles. The largest absolute Gasteiger partial charge is 0.481 e. The maximum Gasteiger partial charge on any atom is 0.433 e. The molecule has 0 fully saturated rings. The van der Waals surface area contributed by atoms with Crippen LogP contribution in [0.3, 0.4) is 0 Å². The molecule has 5 heteroatoms. The zero-order valence-corrected chi connectivity index (χ0v) is 7.85. The molecule has 1 aromatic rings. The van der Waals surface area contributed by atoms with Gasteiger partial charge in [-0.05, 0) is 12.5 Å². The molecule has 0 spiro atoms. The minimum Gasteiger partial charge on any atom is -0.481 e. The Hall–Kier alpha value is -1.26. The molecule has 0 saturated heterocycles. The normalized spacial score (nSPS) is 11.5. The quantitative estimate of drug-likeness (QED) is 0.740. The van der Waals surface area contributed by atoms with E-state index in [1.54, 1.807) is 0 Å². The Balaban J connectivity index is 3.14. The molecule has 0 radical (unpaired) electrons. The number of aromatic nitrogens is 1. The maximum atomic E-state index is 12.2. The lowest BCUT2D eigenvalue weighted by Crippen LogP contribution is -2.09. The van der Waals surface area contributed by atoms with Gasteiger partial charge in [0, 0.05) is 5.56 Å². The second-order valence-electron chi connectivity index (χ2n) is 2.72. The third kappa shape index (κ3) is 2.16. The van der Waals surface area contributed by atoms with E-state index in [0.717, 1.165) is 6.07 Å². The SMILES string of the molecule is CCc1ccc(C(F)(F)F)nc1OC. The summed E-state index contributed by atoms with van der Waals surface area (Å²) in [5, 5.41) is 0. The minimum absolute atomic E-state index is 0.0438. The van der Waals surface area contributed by atoms with Crippen molar-refractivity contribution < 1.29 is 17.9 Å². The van der Waals surface area contributed by atoms with E-state index in [-0.39, 0.29) is 5.88 Å². The Labute approximate surface area is 79.7 Å². The van der Waals surface area contributed by atoms with E-state index in [0.29, 0.717) is 12.0 Å². The van der Waals surface area contributed by atoms with Gasteiger partial charge in [-0.1, -0.05) is 13.0 Å². The van der Waals surface area contributed by atoms with E-state index >= 15 is 0 Å². The van der Waals surface area contributed by atoms with Crippen molar-refractivity contribution in [3.05, 3.63) is 23.4 Å². The van der Waals surface area contributed by atoms with E-state index in [4.69, 9.17) is 4.74 Å². The second kappa shape index (κ2) is 3.86. The maximum absolute atomic E-state index is 12.2. The minimum atomic E-state index is -4.42. The molecule has 0 atom stereocenters. The summed E-state index contributed by atoms with van der Waals surface area (Å²) in [6.07, 6.45) is -3.83. The highest BCUT2D eigenvalue weighted by atomic mass is 19.4. The first-order valence-electron chi connectivity index (χ1n) is 4.10. The van der Waals surface area contributed by atoms with Gasteiger partial charge in [0.1, 0.15) is 5.69 Å². The highest BCUT2D eigenvalue weighted by Crippen LogP contribution is 2.30. The Morgan fingerprint density at radius 1 is 1.36 bits per heavy atom. The summed E-state index contributed by atoms with van der Waals surface area (Å²) in [4.78, 5) is 3.39. The summed E-state index contributed by atoms with van der Waals surface area (Å²) in [5.74, 6) is 0.0438. The van der Waals surface area contributed by atoms with Gasteiger partial charge in [-0.15, -0.1) is 0 Å². The van der Waals surface area contributed by atoms with Crippen molar-refractivity contribution in [3.63, 3.8) is 0 Å². The van der Waals surface area contributed by atoms with Crippen molar-refractivity contribution in [1.29, 1.82) is 0 Å². The van der Waals surface area contributed by atoms with E-state index in [1.807, 2.05) is 6.92 Å². The van der Waals surface area contributed by atoms with Gasteiger partial charge in [-0.25, -0.2) is 4.98 Å². The van der Waals surface area contributed by atoms with Crippen LogP contribution in [0.5, 0.6) is 5.88 Å². The molecule has 78 valence electrons. The van der Waals surface area contributed by atoms with Gasteiger partial charge in [-0.3, -0.25) is 0 Å². The number of halogens is 3. The molecule has 0 bridgehead atoms. The topological polar surface area (TPSA) is 22.1 Å². The lowest BCUT2D eigenvalue weighted by Gasteiger charge is -2.09. The zero-order chi connectivity index (χ0) is 10.8. The van der Waals surface area contributed by atoms with E-state index in [2.05, 4.69) is 4.98 Å². The molecule has 1 rings (SSSR count). The number of aryl methyl sites for hydroxylation is 1. The number of alkyl halides is 3. The Bertz CT molecular complexity index is 322. The molecule has 0 N–H and O–H groups in total. The standard InChI is InChI=1S/C9H10F3NO/c1-3-6-4-5-7(9(10,11)12)13-8(6)14-2/h4-5H,3H2,1-2H3. The predicted molar refractivity (Wildman–Crippen MR) is 45.2 cm³/mol. The fourth-order valence-corrected chi connectivity index (χ4v) is 1.07. The van der Waals surface area contributed by atoms with Crippen LogP contribution in [0.4, 0.5) is 13.2 Å². The molecule has 1 heterocycles. The van der Waals surface area contributed by atoms with E-state index < -0.39 is 11.9 Å². The molecule has 0 aromatic carbocycles. The first-order chi connectivity index (χ1) is 6.49. The van der Waals surface area contributed by atoms with Crippen LogP contribution in [0.1, 0.15) is 18.2 Å². The van der Waals surface area contributed by atoms with Crippen molar-refractivity contribution in [3.8, 4) is 5.88 Å². The van der Waals surface area contributed by atoms with Crippen molar-refractivity contribution in [1.82, 2.24) is 4.98 Å². The molecule has 1 aromatic heterocycles. The molecule has 0 saturated carbocycles. The summed E-state index contributed by atoms with van der Waals surface area (Å²) in [6.45, 7) is 1.83. The lowest BCUT2D eigenvalue weighted by atomic mass is 10.2. The van der Waals surface area contributed by atoms with Gasteiger partial charge in [0.2, 0.25) is 5.88 Å². The molecule has 0 amide bonds. The molecule has 0 aliphatic heterocycles. The van der Waals surface area contributed by atoms with Crippen molar-refractivity contribution >= 4 is 0 Å². The van der Waals surface area contributed by atoms with Gasteiger partial charge in [0.15, 0.2) is 0 Å². The molecule has 2 nitrogen and oxygen atoms in total. The number of ether oxygens (including phenoxy) is 1. The smallest absolute Gasteiger partial charge is 0.433 e. The highest BCUT2D eigenvalue weighted by molar-refractivity contribution is 5.29. The molecular weight excluding hydrogens is 195 g/mol. The number of nitrogens with zero attached hydrogens (tertiary/aromatic N) is 1. The van der Waals surface area contributed by atoms with Crippen LogP contribution in [-0.2, 0) is 12.6 Å². The summed E-state index contributed by atoms with van der Waals surface area (Å²) >= 11 is 0. The van der Waals surface area contributed by atoms with Crippen molar-refractivity contribution in [2.45, 2.75) is 19.5 Å². The summed E-state index contributed by atoms with van der Waals surface area (Å²) in [5.41, 5.74) is -0.257. The average molecular weight is 205 g/mol. The molecular formula is C9H10F3NO. The first kappa shape index (κ1) is 10.8. The second-order valence-corrected chi connectivity index (χ2v) is 2.72. The molecule has 14 heavy (non-hydrogen) atoms. The Kier molecular flexibility index (Phi) is 2.98. The fraction of sp³-hybridized carbons (Fsp3) is 0.444. The number of methoxy groups -OCH3 is 1. The highest BCUT2D eigenvalue weighted by Gasteiger charge is 2.33. The van der Waals surface area contributed by atoms with Gasteiger partial charge in [-0.2, -0.15) is 13.2 Å². The number of rotatable bonds is 2. The zero-order valence-electron chi connectivity index (χ0n) is 7.85. The van der Waals surface area contributed by atoms with E-state index in [9.17, 15) is 13.2 Å². The molecule has 0 aliphatic rings. The number of hydrogen-bond acceptors (Lipinski definition) is 2. The van der Waals surface area contributed by atoms with Crippen molar-refractivity contribution in [2.75, 3.05) is 7.11 Å². The van der Waals surface area contributed by atoms with Crippen LogP contribution in [0.2, 0.25) is 0 Å². The average Bonchev–Trinajstić information content (AvgIpc) is 2.15. The van der Waals surface area contributed by atoms with Gasteiger partial charge < -0.3 is 4.74 Å².